The summed E-state index contributed by atoms with van der Waals surface area (Å²) in [6, 6.07) is 11.3. The summed E-state index contributed by atoms with van der Waals surface area (Å²) in [4.78, 5) is 27.3. The van der Waals surface area contributed by atoms with Gasteiger partial charge in [0, 0.05) is 12.1 Å². The van der Waals surface area contributed by atoms with Gasteiger partial charge in [-0.1, -0.05) is 44.5 Å². The van der Waals surface area contributed by atoms with Gasteiger partial charge < -0.3 is 19.5 Å². The summed E-state index contributed by atoms with van der Waals surface area (Å²) in [5, 5.41) is 11.5. The Bertz CT molecular complexity index is 1030. The highest BCUT2D eigenvalue weighted by molar-refractivity contribution is 6.46. The van der Waals surface area contributed by atoms with Gasteiger partial charge in [-0.2, -0.15) is 0 Å². The molecule has 170 valence electrons. The normalized spacial score (nSPS) is 17.8. The lowest BCUT2D eigenvalue weighted by Crippen LogP contribution is -2.30. The van der Waals surface area contributed by atoms with Crippen LogP contribution in [-0.2, 0) is 9.59 Å². The van der Waals surface area contributed by atoms with E-state index in [0.717, 1.165) is 5.56 Å². The molecule has 0 saturated carbocycles. The average molecular weight is 458 g/mol. The number of carbonyl (C=O) groups excluding carboxylic acids is 2. The molecule has 1 heterocycles. The number of hydrogen-bond acceptors (Lipinski definition) is 5. The number of methoxy groups -OCH3 is 1. The Morgan fingerprint density at radius 2 is 1.84 bits per heavy atom. The van der Waals surface area contributed by atoms with Gasteiger partial charge in [0.05, 0.1) is 30.4 Å². The third-order valence-corrected chi connectivity index (χ3v) is 5.52. The highest BCUT2D eigenvalue weighted by Gasteiger charge is 2.45. The van der Waals surface area contributed by atoms with Crippen LogP contribution in [0.2, 0.25) is 5.02 Å². The zero-order valence-corrected chi connectivity index (χ0v) is 19.5. The lowest BCUT2D eigenvalue weighted by atomic mass is 9.95. The van der Waals surface area contributed by atoms with Crippen molar-refractivity contribution < 1.29 is 24.2 Å². The van der Waals surface area contributed by atoms with E-state index in [4.69, 9.17) is 21.1 Å². The van der Waals surface area contributed by atoms with Crippen molar-refractivity contribution in [3.05, 3.63) is 64.2 Å². The van der Waals surface area contributed by atoms with E-state index in [1.54, 1.807) is 18.2 Å². The van der Waals surface area contributed by atoms with Crippen LogP contribution in [0.3, 0.4) is 0 Å². The highest BCUT2D eigenvalue weighted by Crippen LogP contribution is 2.40. The molecule has 0 radical (unpaired) electrons. The highest BCUT2D eigenvalue weighted by atomic mass is 35.5. The number of amides is 1. The molecular weight excluding hydrogens is 430 g/mol. The maximum atomic E-state index is 13.0. The SMILES string of the molecule is CCCN1C(=O)C(=O)/C(=C(\O)c2ccc(Cl)c(OC)c2)C1c1ccc(OCC(C)C)cc1. The number of rotatable bonds is 8. The predicted octanol–water partition coefficient (Wildman–Crippen LogP) is 5.22. The van der Waals surface area contributed by atoms with E-state index in [2.05, 4.69) is 13.8 Å². The molecule has 0 spiro atoms. The van der Waals surface area contributed by atoms with Gasteiger partial charge in [0.25, 0.3) is 11.7 Å². The Labute approximate surface area is 193 Å². The minimum absolute atomic E-state index is 0.0451. The van der Waals surface area contributed by atoms with E-state index in [9.17, 15) is 14.7 Å². The van der Waals surface area contributed by atoms with Crippen molar-refractivity contribution >= 4 is 29.1 Å². The zero-order chi connectivity index (χ0) is 23.4. The quantitative estimate of drug-likeness (QED) is 0.334. The molecule has 1 saturated heterocycles. The Kier molecular flexibility index (Phi) is 7.46. The first kappa shape index (κ1) is 23.7. The molecular formula is C25H28ClNO5. The average Bonchev–Trinajstić information content (AvgIpc) is 3.03. The molecule has 6 nitrogen and oxygen atoms in total. The monoisotopic (exact) mass is 457 g/mol. The van der Waals surface area contributed by atoms with Crippen LogP contribution in [0.25, 0.3) is 5.76 Å². The fourth-order valence-corrected chi connectivity index (χ4v) is 3.86. The fourth-order valence-electron chi connectivity index (χ4n) is 3.67. The molecule has 2 aromatic carbocycles. The summed E-state index contributed by atoms with van der Waals surface area (Å²) < 4.78 is 11.0. The summed E-state index contributed by atoms with van der Waals surface area (Å²) in [6.45, 7) is 7.05. The third kappa shape index (κ3) is 4.75. The molecule has 3 rings (SSSR count). The number of ketones is 1. The Morgan fingerprint density at radius 3 is 2.44 bits per heavy atom. The topological polar surface area (TPSA) is 76.1 Å². The molecule has 0 bridgehead atoms. The first-order chi connectivity index (χ1) is 15.3. The van der Waals surface area contributed by atoms with Crippen LogP contribution in [-0.4, -0.2) is 42.0 Å². The van der Waals surface area contributed by atoms with Crippen molar-refractivity contribution in [3.63, 3.8) is 0 Å². The van der Waals surface area contributed by atoms with Gasteiger partial charge >= 0.3 is 0 Å². The molecule has 1 aliphatic heterocycles. The van der Waals surface area contributed by atoms with E-state index < -0.39 is 17.7 Å². The number of halogens is 1. The summed E-state index contributed by atoms with van der Waals surface area (Å²) in [5.74, 6) is -0.141. The van der Waals surface area contributed by atoms with E-state index >= 15 is 0 Å². The standard InChI is InChI=1S/C25H28ClNO5/c1-5-12-27-22(16-6-9-18(10-7-16)32-14-15(2)3)21(24(29)25(27)30)23(28)17-8-11-19(26)20(13-17)31-4/h6-11,13,15,22,28H,5,12,14H2,1-4H3/b23-21-. The summed E-state index contributed by atoms with van der Waals surface area (Å²) in [5.41, 5.74) is 1.11. The first-order valence-corrected chi connectivity index (χ1v) is 11.0. The molecule has 0 aromatic heterocycles. The van der Waals surface area contributed by atoms with E-state index in [1.807, 2.05) is 31.2 Å². The van der Waals surface area contributed by atoms with Crippen LogP contribution in [0, 0.1) is 5.92 Å². The number of nitrogens with zero attached hydrogens (tertiary/aromatic N) is 1. The lowest BCUT2D eigenvalue weighted by Gasteiger charge is -2.25. The number of aliphatic hydroxyl groups is 1. The third-order valence-electron chi connectivity index (χ3n) is 5.21. The van der Waals surface area contributed by atoms with Crippen LogP contribution < -0.4 is 9.47 Å². The van der Waals surface area contributed by atoms with Crippen molar-refractivity contribution in [1.29, 1.82) is 0 Å². The van der Waals surface area contributed by atoms with Gasteiger partial charge in [-0.15, -0.1) is 0 Å². The van der Waals surface area contributed by atoms with Crippen LogP contribution >= 0.6 is 11.6 Å². The smallest absolute Gasteiger partial charge is 0.295 e. The van der Waals surface area contributed by atoms with Gasteiger partial charge in [-0.05, 0) is 48.2 Å². The second-order valence-electron chi connectivity index (χ2n) is 8.12. The number of ether oxygens (including phenoxy) is 2. The number of hydrogen-bond donors (Lipinski definition) is 1. The minimum Gasteiger partial charge on any atom is -0.507 e. The van der Waals surface area contributed by atoms with E-state index in [1.165, 1.54) is 12.0 Å². The molecule has 0 aliphatic carbocycles. The second-order valence-corrected chi connectivity index (χ2v) is 8.52. The molecule has 7 heteroatoms. The van der Waals surface area contributed by atoms with Crippen molar-refractivity contribution in [1.82, 2.24) is 4.90 Å². The molecule has 1 atom stereocenters. The predicted molar refractivity (Wildman–Crippen MR) is 124 cm³/mol. The summed E-state index contributed by atoms with van der Waals surface area (Å²) in [6.07, 6.45) is 0.675. The van der Waals surface area contributed by atoms with Gasteiger partial charge in [-0.25, -0.2) is 0 Å². The van der Waals surface area contributed by atoms with E-state index in [0.29, 0.717) is 47.6 Å². The largest absolute Gasteiger partial charge is 0.507 e. The van der Waals surface area contributed by atoms with Gasteiger partial charge in [0.2, 0.25) is 0 Å². The molecule has 2 aromatic rings. The second kappa shape index (κ2) is 10.1. The summed E-state index contributed by atoms with van der Waals surface area (Å²) >= 11 is 6.10. The molecule has 32 heavy (non-hydrogen) atoms. The Morgan fingerprint density at radius 1 is 1.16 bits per heavy atom. The zero-order valence-electron chi connectivity index (χ0n) is 18.7. The molecule has 1 aliphatic rings. The van der Waals surface area contributed by atoms with Crippen LogP contribution in [0.1, 0.15) is 44.4 Å². The summed E-state index contributed by atoms with van der Waals surface area (Å²) in [7, 11) is 1.47. The van der Waals surface area contributed by atoms with Crippen molar-refractivity contribution in [2.75, 3.05) is 20.3 Å². The van der Waals surface area contributed by atoms with Crippen molar-refractivity contribution in [2.45, 2.75) is 33.2 Å². The van der Waals surface area contributed by atoms with Gasteiger partial charge in [0.15, 0.2) is 0 Å². The molecule has 1 amide bonds. The van der Waals surface area contributed by atoms with Gasteiger partial charge in [0.1, 0.15) is 17.3 Å². The minimum atomic E-state index is -0.713. The fraction of sp³-hybridized carbons (Fsp3) is 0.360. The number of aliphatic hydroxyl groups excluding tert-OH is 1. The van der Waals surface area contributed by atoms with Crippen molar-refractivity contribution in [3.8, 4) is 11.5 Å². The lowest BCUT2D eigenvalue weighted by molar-refractivity contribution is -0.139. The number of likely N-dealkylation sites (tertiary alicyclic amines) is 1. The van der Waals surface area contributed by atoms with Crippen molar-refractivity contribution in [2.24, 2.45) is 5.92 Å². The first-order valence-electron chi connectivity index (χ1n) is 10.6. The number of benzene rings is 2. The number of Topliss-reactive ketones (excluding diaryl/α,β-unsaturated/α-hetero) is 1. The molecule has 1 unspecified atom stereocenters. The number of carbonyl (C=O) groups is 2. The maximum Gasteiger partial charge on any atom is 0.295 e. The Balaban J connectivity index is 2.07. The van der Waals surface area contributed by atoms with Crippen LogP contribution in [0.15, 0.2) is 48.0 Å². The maximum absolute atomic E-state index is 13.0. The van der Waals surface area contributed by atoms with Gasteiger partial charge in [-0.3, -0.25) is 9.59 Å². The molecule has 1 N–H and O–H groups in total. The van der Waals surface area contributed by atoms with Crippen LogP contribution in [0.4, 0.5) is 0 Å². The molecule has 1 fully saturated rings. The Hall–Kier alpha value is -2.99. The van der Waals surface area contributed by atoms with Crippen LogP contribution in [0.5, 0.6) is 11.5 Å². The van der Waals surface area contributed by atoms with E-state index in [-0.39, 0.29) is 11.3 Å².